The van der Waals surface area contributed by atoms with E-state index in [2.05, 4.69) is 22.2 Å². The van der Waals surface area contributed by atoms with Crippen molar-refractivity contribution in [2.75, 3.05) is 19.5 Å². The van der Waals surface area contributed by atoms with Gasteiger partial charge >= 0.3 is 0 Å². The molecule has 130 valence electrons. The summed E-state index contributed by atoms with van der Waals surface area (Å²) in [5.74, 6) is 3.06. The number of aromatic nitrogens is 2. The van der Waals surface area contributed by atoms with Crippen molar-refractivity contribution >= 4 is 33.1 Å². The van der Waals surface area contributed by atoms with E-state index < -0.39 is 0 Å². The molecular formula is C19H21N3O2S. The average Bonchev–Trinajstić information content (AvgIpc) is 3.00. The zero-order chi connectivity index (χ0) is 17.4. The molecule has 1 N–H and O–H groups in total. The van der Waals surface area contributed by atoms with Crippen LogP contribution in [0.1, 0.15) is 23.8 Å². The Morgan fingerprint density at radius 3 is 2.88 bits per heavy atom. The van der Waals surface area contributed by atoms with Gasteiger partial charge in [-0.1, -0.05) is 6.92 Å². The smallest absolute Gasteiger partial charge is 0.142 e. The molecule has 5 nitrogen and oxygen atoms in total. The van der Waals surface area contributed by atoms with Crippen LogP contribution in [0.5, 0.6) is 11.5 Å². The Morgan fingerprint density at radius 2 is 2.08 bits per heavy atom. The highest BCUT2D eigenvalue weighted by Gasteiger charge is 2.23. The van der Waals surface area contributed by atoms with Crippen LogP contribution in [0.15, 0.2) is 24.5 Å². The third-order valence-electron chi connectivity index (χ3n) is 4.75. The Bertz CT molecular complexity index is 922. The largest absolute Gasteiger partial charge is 0.497 e. The second-order valence-electron chi connectivity index (χ2n) is 6.45. The van der Waals surface area contributed by atoms with Gasteiger partial charge in [0.25, 0.3) is 0 Å². The lowest BCUT2D eigenvalue weighted by Crippen LogP contribution is -2.09. The SMILES string of the molecule is COc1ccc(OC)c(Nc2ncnc3sc4c(c23)CC(C)CC4)c1. The molecule has 1 aromatic carbocycles. The summed E-state index contributed by atoms with van der Waals surface area (Å²) in [4.78, 5) is 11.5. The predicted octanol–water partition coefficient (Wildman–Crippen LogP) is 4.58. The normalized spacial score (nSPS) is 16.5. The minimum atomic E-state index is 0.699. The van der Waals surface area contributed by atoms with Gasteiger partial charge in [-0.2, -0.15) is 0 Å². The maximum absolute atomic E-state index is 5.48. The zero-order valence-corrected chi connectivity index (χ0v) is 15.4. The van der Waals surface area contributed by atoms with E-state index >= 15 is 0 Å². The van der Waals surface area contributed by atoms with Crippen LogP contribution in [0.4, 0.5) is 11.5 Å². The summed E-state index contributed by atoms with van der Waals surface area (Å²) in [5.41, 5.74) is 2.24. The summed E-state index contributed by atoms with van der Waals surface area (Å²) in [6.45, 7) is 2.31. The lowest BCUT2D eigenvalue weighted by molar-refractivity contribution is 0.405. The van der Waals surface area contributed by atoms with E-state index in [1.807, 2.05) is 18.2 Å². The summed E-state index contributed by atoms with van der Waals surface area (Å²) in [6, 6.07) is 5.70. The quantitative estimate of drug-likeness (QED) is 0.742. The van der Waals surface area contributed by atoms with Crippen molar-refractivity contribution in [3.05, 3.63) is 35.0 Å². The molecule has 0 spiro atoms. The Balaban J connectivity index is 1.81. The van der Waals surface area contributed by atoms with Gasteiger partial charge in [-0.05, 0) is 42.9 Å². The number of fused-ring (bicyclic) bond motifs is 3. The van der Waals surface area contributed by atoms with Crippen molar-refractivity contribution in [3.63, 3.8) is 0 Å². The van der Waals surface area contributed by atoms with Crippen LogP contribution in [0.3, 0.4) is 0 Å². The standard InChI is InChI=1S/C19H21N3O2S/c1-11-4-7-16-13(8-11)17-18(20-10-21-19(17)25-16)22-14-9-12(23-2)5-6-15(14)24-3/h5-6,9-11H,4,7-8H2,1-3H3,(H,20,21,22). The zero-order valence-electron chi connectivity index (χ0n) is 14.6. The molecule has 25 heavy (non-hydrogen) atoms. The molecule has 0 amide bonds. The molecule has 0 saturated carbocycles. The van der Waals surface area contributed by atoms with Gasteiger partial charge in [-0.15, -0.1) is 11.3 Å². The molecule has 2 heterocycles. The minimum Gasteiger partial charge on any atom is -0.497 e. The molecule has 2 aromatic heterocycles. The van der Waals surface area contributed by atoms with E-state index in [-0.39, 0.29) is 0 Å². The number of aryl methyl sites for hydroxylation is 1. The van der Waals surface area contributed by atoms with Crippen molar-refractivity contribution in [2.24, 2.45) is 5.92 Å². The van der Waals surface area contributed by atoms with Crippen LogP contribution < -0.4 is 14.8 Å². The average molecular weight is 355 g/mol. The predicted molar refractivity (Wildman–Crippen MR) is 101 cm³/mol. The molecule has 0 bridgehead atoms. The number of ether oxygens (including phenoxy) is 2. The highest BCUT2D eigenvalue weighted by atomic mass is 32.1. The van der Waals surface area contributed by atoms with Gasteiger partial charge in [-0.25, -0.2) is 9.97 Å². The number of hydrogen-bond acceptors (Lipinski definition) is 6. The minimum absolute atomic E-state index is 0.699. The Kier molecular flexibility index (Phi) is 4.21. The molecule has 1 aliphatic rings. The monoisotopic (exact) mass is 355 g/mol. The number of hydrogen-bond donors (Lipinski definition) is 1. The lowest BCUT2D eigenvalue weighted by atomic mass is 9.88. The first kappa shape index (κ1) is 16.1. The Hall–Kier alpha value is -2.34. The summed E-state index contributed by atoms with van der Waals surface area (Å²) in [7, 11) is 3.32. The van der Waals surface area contributed by atoms with E-state index in [4.69, 9.17) is 9.47 Å². The second-order valence-corrected chi connectivity index (χ2v) is 7.53. The maximum atomic E-state index is 5.48. The second kappa shape index (κ2) is 6.52. The van der Waals surface area contributed by atoms with E-state index in [0.29, 0.717) is 5.92 Å². The third-order valence-corrected chi connectivity index (χ3v) is 5.95. The van der Waals surface area contributed by atoms with Gasteiger partial charge in [0.15, 0.2) is 0 Å². The number of nitrogens with one attached hydrogen (secondary N) is 1. The van der Waals surface area contributed by atoms with Gasteiger partial charge < -0.3 is 14.8 Å². The van der Waals surface area contributed by atoms with Crippen LogP contribution in [0, 0.1) is 5.92 Å². The molecular weight excluding hydrogens is 334 g/mol. The van der Waals surface area contributed by atoms with Gasteiger partial charge in [-0.3, -0.25) is 0 Å². The molecule has 4 rings (SSSR count). The Labute approximate surface area is 151 Å². The number of benzene rings is 1. The molecule has 0 saturated heterocycles. The van der Waals surface area contributed by atoms with E-state index in [9.17, 15) is 0 Å². The molecule has 1 aliphatic carbocycles. The van der Waals surface area contributed by atoms with Crippen LogP contribution in [-0.2, 0) is 12.8 Å². The van der Waals surface area contributed by atoms with Crippen LogP contribution in [0.2, 0.25) is 0 Å². The van der Waals surface area contributed by atoms with Crippen molar-refractivity contribution in [1.29, 1.82) is 0 Å². The van der Waals surface area contributed by atoms with Crippen molar-refractivity contribution in [2.45, 2.75) is 26.2 Å². The molecule has 3 aromatic rings. The van der Waals surface area contributed by atoms with Gasteiger partial charge in [0.2, 0.25) is 0 Å². The summed E-state index contributed by atoms with van der Waals surface area (Å²) in [6.07, 6.45) is 5.11. The first-order valence-electron chi connectivity index (χ1n) is 8.44. The first-order valence-corrected chi connectivity index (χ1v) is 9.25. The van der Waals surface area contributed by atoms with Crippen molar-refractivity contribution in [1.82, 2.24) is 9.97 Å². The fourth-order valence-electron chi connectivity index (χ4n) is 3.42. The summed E-state index contributed by atoms with van der Waals surface area (Å²) >= 11 is 1.80. The van der Waals surface area contributed by atoms with E-state index in [1.54, 1.807) is 31.9 Å². The number of rotatable bonds is 4. The van der Waals surface area contributed by atoms with Gasteiger partial charge in [0.1, 0.15) is 28.5 Å². The highest BCUT2D eigenvalue weighted by molar-refractivity contribution is 7.19. The number of nitrogens with zero attached hydrogens (tertiary/aromatic N) is 2. The summed E-state index contributed by atoms with van der Waals surface area (Å²) in [5, 5.41) is 4.59. The van der Waals surface area contributed by atoms with Gasteiger partial charge in [0, 0.05) is 10.9 Å². The fraction of sp³-hybridized carbons (Fsp3) is 0.368. The molecule has 0 fully saturated rings. The lowest BCUT2D eigenvalue weighted by Gasteiger charge is -2.19. The van der Waals surface area contributed by atoms with Crippen LogP contribution in [-0.4, -0.2) is 24.2 Å². The molecule has 0 aliphatic heterocycles. The van der Waals surface area contributed by atoms with Crippen molar-refractivity contribution in [3.8, 4) is 11.5 Å². The molecule has 1 unspecified atom stereocenters. The molecule has 6 heteroatoms. The van der Waals surface area contributed by atoms with Crippen molar-refractivity contribution < 1.29 is 9.47 Å². The summed E-state index contributed by atoms with van der Waals surface area (Å²) < 4.78 is 10.8. The highest BCUT2D eigenvalue weighted by Crippen LogP contribution is 2.41. The van der Waals surface area contributed by atoms with Gasteiger partial charge in [0.05, 0.1) is 25.3 Å². The number of methoxy groups -OCH3 is 2. The van der Waals surface area contributed by atoms with Crippen LogP contribution >= 0.6 is 11.3 Å². The third kappa shape index (κ3) is 2.91. The Morgan fingerprint density at radius 1 is 1.20 bits per heavy atom. The first-order chi connectivity index (χ1) is 12.2. The van der Waals surface area contributed by atoms with E-state index in [1.165, 1.54) is 16.9 Å². The fourth-order valence-corrected chi connectivity index (χ4v) is 4.60. The molecule has 0 radical (unpaired) electrons. The number of anilines is 2. The van der Waals surface area contributed by atoms with Crippen LogP contribution in [0.25, 0.3) is 10.2 Å². The maximum Gasteiger partial charge on any atom is 0.142 e. The number of thiophene rings is 1. The van der Waals surface area contributed by atoms with E-state index in [0.717, 1.165) is 46.1 Å². The molecule has 1 atom stereocenters. The topological polar surface area (TPSA) is 56.3 Å².